The van der Waals surface area contributed by atoms with Gasteiger partial charge in [0.05, 0.1) is 38.2 Å². The molecule has 0 unspecified atom stereocenters. The van der Waals surface area contributed by atoms with Gasteiger partial charge in [0.2, 0.25) is 9.84 Å². The van der Waals surface area contributed by atoms with Crippen molar-refractivity contribution >= 4 is 48.5 Å². The van der Waals surface area contributed by atoms with Crippen molar-refractivity contribution in [3.05, 3.63) is 99.4 Å². The van der Waals surface area contributed by atoms with Crippen molar-refractivity contribution in [1.29, 1.82) is 0 Å². The molecule has 12 nitrogen and oxygen atoms in total. The molecule has 0 spiro atoms. The minimum atomic E-state index is -3.98. The second kappa shape index (κ2) is 11.7. The zero-order chi connectivity index (χ0) is 29.9. The maximum Gasteiger partial charge on any atom is 0.257 e. The first-order valence-electron chi connectivity index (χ1n) is 12.5. The highest BCUT2D eigenvalue weighted by Gasteiger charge is 2.31. The van der Waals surface area contributed by atoms with Gasteiger partial charge in [-0.2, -0.15) is 0 Å². The number of amides is 2. The highest BCUT2D eigenvalue weighted by molar-refractivity contribution is 7.92. The number of carbonyl (C=O) groups excluding carboxylic acids is 2. The number of sulfone groups is 2. The van der Waals surface area contributed by atoms with E-state index in [1.54, 1.807) is 30.5 Å². The van der Waals surface area contributed by atoms with Crippen LogP contribution in [0.1, 0.15) is 32.0 Å². The van der Waals surface area contributed by atoms with E-state index in [1.165, 1.54) is 53.8 Å². The van der Waals surface area contributed by atoms with Crippen LogP contribution in [0.5, 0.6) is 0 Å². The SMILES string of the molecule is [N-]=[N+]=NCCCS(=O)(=O)c1ccc(-c2ncc(CNC(=O)c3ccc4c(c3)NC(=O)c3ccccc3S4(=O)=O)s2)cc1. The van der Waals surface area contributed by atoms with E-state index in [0.29, 0.717) is 10.6 Å². The summed E-state index contributed by atoms with van der Waals surface area (Å²) in [6, 6.07) is 16.2. The molecule has 1 aliphatic heterocycles. The number of fused-ring (bicyclic) bond motifs is 2. The third-order valence-corrected chi connectivity index (χ3v) is 11.1. The lowest BCUT2D eigenvalue weighted by atomic mass is 10.1. The molecule has 0 fully saturated rings. The first-order chi connectivity index (χ1) is 20.1. The molecule has 2 amide bonds. The Morgan fingerprint density at radius 1 is 1.07 bits per heavy atom. The van der Waals surface area contributed by atoms with E-state index in [4.69, 9.17) is 5.53 Å². The Bertz CT molecular complexity index is 1970. The van der Waals surface area contributed by atoms with Crippen LogP contribution in [-0.2, 0) is 26.2 Å². The van der Waals surface area contributed by atoms with Gasteiger partial charge in [0.15, 0.2) is 9.84 Å². The average molecular weight is 623 g/mol. The Labute approximate surface area is 244 Å². The van der Waals surface area contributed by atoms with E-state index < -0.39 is 31.5 Å². The second-order valence-electron chi connectivity index (χ2n) is 9.13. The summed E-state index contributed by atoms with van der Waals surface area (Å²) in [6.07, 6.45) is 1.82. The first-order valence-corrected chi connectivity index (χ1v) is 16.4. The maximum absolute atomic E-state index is 13.2. The van der Waals surface area contributed by atoms with Crippen LogP contribution < -0.4 is 10.6 Å². The average Bonchev–Trinajstić information content (AvgIpc) is 3.44. The van der Waals surface area contributed by atoms with Gasteiger partial charge in [0.1, 0.15) is 5.01 Å². The predicted molar refractivity (Wildman–Crippen MR) is 156 cm³/mol. The standard InChI is InChI=1S/C27H22N6O6S3/c28-33-31-12-3-13-41(36,37)20-9-6-17(7-10-20)27-30-16-19(40-27)15-29-25(34)18-8-11-24-22(14-18)32-26(35)21-4-1-2-5-23(21)42(24,38)39/h1-2,4-11,14,16H,3,12-13,15H2,(H,29,34)(H,32,35). The molecule has 5 rings (SSSR count). The fraction of sp³-hybridized carbons (Fsp3) is 0.148. The molecule has 2 N–H and O–H groups in total. The molecule has 3 aromatic carbocycles. The molecule has 0 atom stereocenters. The predicted octanol–water partition coefficient (Wildman–Crippen LogP) is 4.61. The quantitative estimate of drug-likeness (QED) is 0.118. The summed E-state index contributed by atoms with van der Waals surface area (Å²) in [5.41, 5.74) is 9.23. The lowest BCUT2D eigenvalue weighted by Crippen LogP contribution is -2.22. The van der Waals surface area contributed by atoms with Crippen molar-refractivity contribution < 1.29 is 26.4 Å². The zero-order valence-corrected chi connectivity index (χ0v) is 24.2. The van der Waals surface area contributed by atoms with Crippen molar-refractivity contribution in [1.82, 2.24) is 10.3 Å². The molecule has 1 aliphatic rings. The summed E-state index contributed by atoms with van der Waals surface area (Å²) >= 11 is 1.32. The molecule has 15 heteroatoms. The maximum atomic E-state index is 13.2. The van der Waals surface area contributed by atoms with E-state index >= 15 is 0 Å². The molecule has 214 valence electrons. The Balaban J connectivity index is 1.25. The lowest BCUT2D eigenvalue weighted by molar-refractivity contribution is 0.0949. The summed E-state index contributed by atoms with van der Waals surface area (Å²) in [6.45, 7) is 0.243. The van der Waals surface area contributed by atoms with Gasteiger partial charge in [0, 0.05) is 33.7 Å². The molecule has 0 radical (unpaired) electrons. The van der Waals surface area contributed by atoms with Gasteiger partial charge < -0.3 is 10.6 Å². The van der Waals surface area contributed by atoms with E-state index in [2.05, 4.69) is 25.6 Å². The van der Waals surface area contributed by atoms with Gasteiger partial charge in [0.25, 0.3) is 11.8 Å². The van der Waals surface area contributed by atoms with Gasteiger partial charge >= 0.3 is 0 Å². The minimum Gasteiger partial charge on any atom is -0.347 e. The number of carbonyl (C=O) groups is 2. The van der Waals surface area contributed by atoms with Gasteiger partial charge in [-0.1, -0.05) is 29.4 Å². The molecule has 2 heterocycles. The first kappa shape index (κ1) is 29.0. The molecule has 42 heavy (non-hydrogen) atoms. The fourth-order valence-corrected chi connectivity index (χ4v) is 8.03. The fourth-order valence-electron chi connectivity index (χ4n) is 4.28. The summed E-state index contributed by atoms with van der Waals surface area (Å²) in [7, 11) is -7.49. The lowest BCUT2D eigenvalue weighted by Gasteiger charge is -2.10. The van der Waals surface area contributed by atoms with Crippen LogP contribution in [0.25, 0.3) is 21.0 Å². The van der Waals surface area contributed by atoms with E-state index in [1.807, 2.05) is 0 Å². The summed E-state index contributed by atoms with van der Waals surface area (Å²) in [5, 5.41) is 9.34. The van der Waals surface area contributed by atoms with Crippen LogP contribution in [0.3, 0.4) is 0 Å². The van der Waals surface area contributed by atoms with Crippen molar-refractivity contribution in [3.8, 4) is 10.6 Å². The number of azide groups is 1. The van der Waals surface area contributed by atoms with Crippen molar-refractivity contribution in [2.75, 3.05) is 17.6 Å². The smallest absolute Gasteiger partial charge is 0.257 e. The number of thiazole rings is 1. The molecule has 0 saturated heterocycles. The number of hydrogen-bond donors (Lipinski definition) is 2. The number of rotatable bonds is 9. The Hall–Kier alpha value is -4.56. The van der Waals surface area contributed by atoms with Crippen molar-refractivity contribution in [3.63, 3.8) is 0 Å². The number of benzene rings is 3. The summed E-state index contributed by atoms with van der Waals surface area (Å²) < 4.78 is 51.3. The van der Waals surface area contributed by atoms with E-state index in [0.717, 1.165) is 4.88 Å². The number of nitrogens with zero attached hydrogens (tertiary/aromatic N) is 4. The molecular formula is C27H22N6O6S3. The number of nitrogens with one attached hydrogen (secondary N) is 2. The van der Waals surface area contributed by atoms with Gasteiger partial charge in [-0.15, -0.1) is 11.3 Å². The third kappa shape index (κ3) is 5.90. The minimum absolute atomic E-state index is 0.0186. The highest BCUT2D eigenvalue weighted by Crippen LogP contribution is 2.34. The highest BCUT2D eigenvalue weighted by atomic mass is 32.2. The molecule has 0 bridgehead atoms. The van der Waals surface area contributed by atoms with E-state index in [-0.39, 0.29) is 56.8 Å². The molecule has 0 saturated carbocycles. The van der Waals surface area contributed by atoms with E-state index in [9.17, 15) is 26.4 Å². The van der Waals surface area contributed by atoms with Gasteiger partial charge in [-0.3, -0.25) is 9.59 Å². The van der Waals surface area contributed by atoms with Crippen molar-refractivity contribution in [2.24, 2.45) is 5.11 Å². The normalized spacial score (nSPS) is 13.6. The van der Waals surface area contributed by atoms with Crippen LogP contribution >= 0.6 is 11.3 Å². The number of aromatic nitrogens is 1. The molecule has 0 aliphatic carbocycles. The van der Waals surface area contributed by atoms with Crippen LogP contribution in [0, 0.1) is 0 Å². The molecule has 1 aromatic heterocycles. The van der Waals surface area contributed by atoms with Crippen molar-refractivity contribution in [2.45, 2.75) is 27.7 Å². The van der Waals surface area contributed by atoms with Crippen LogP contribution in [-0.4, -0.2) is 45.9 Å². The summed E-state index contributed by atoms with van der Waals surface area (Å²) in [4.78, 5) is 33.2. The Morgan fingerprint density at radius 3 is 2.60 bits per heavy atom. The van der Waals surface area contributed by atoms with Gasteiger partial charge in [-0.05, 0) is 54.4 Å². The third-order valence-electron chi connectivity index (χ3n) is 6.37. The monoisotopic (exact) mass is 622 g/mol. The number of anilines is 1. The second-order valence-corrected chi connectivity index (χ2v) is 14.2. The van der Waals surface area contributed by atoms with Crippen LogP contribution in [0.15, 0.2) is 92.7 Å². The van der Waals surface area contributed by atoms with Crippen LogP contribution in [0.4, 0.5) is 5.69 Å². The zero-order valence-electron chi connectivity index (χ0n) is 21.7. The largest absolute Gasteiger partial charge is 0.347 e. The Morgan fingerprint density at radius 2 is 1.83 bits per heavy atom. The van der Waals surface area contributed by atoms with Gasteiger partial charge in [-0.25, -0.2) is 21.8 Å². The topological polar surface area (TPSA) is 188 Å². The molecule has 4 aromatic rings. The molecular weight excluding hydrogens is 601 g/mol. The summed E-state index contributed by atoms with van der Waals surface area (Å²) in [5.74, 6) is -1.19. The van der Waals surface area contributed by atoms with Crippen LogP contribution in [0.2, 0.25) is 0 Å². The Kier molecular flexibility index (Phi) is 8.09. The number of hydrogen-bond acceptors (Lipinski definition) is 9.